The van der Waals surface area contributed by atoms with Gasteiger partial charge in [0.2, 0.25) is 0 Å². The zero-order valence-corrected chi connectivity index (χ0v) is 22.1. The number of benzene rings is 3. The molecule has 2 atom stereocenters. The van der Waals surface area contributed by atoms with Crippen molar-refractivity contribution in [3.05, 3.63) is 107 Å². The number of aromatic nitrogens is 1. The van der Waals surface area contributed by atoms with Gasteiger partial charge in [0.15, 0.2) is 0 Å². The predicted molar refractivity (Wildman–Crippen MR) is 153 cm³/mol. The van der Waals surface area contributed by atoms with Crippen molar-refractivity contribution >= 4 is 16.8 Å². The molecule has 0 saturated carbocycles. The van der Waals surface area contributed by atoms with Crippen molar-refractivity contribution in [2.75, 3.05) is 19.6 Å². The van der Waals surface area contributed by atoms with E-state index in [4.69, 9.17) is 0 Å². The van der Waals surface area contributed by atoms with Gasteiger partial charge in [0, 0.05) is 35.0 Å². The molecule has 4 heteroatoms. The minimum atomic E-state index is -0.0418. The Morgan fingerprint density at radius 2 is 1.57 bits per heavy atom. The summed E-state index contributed by atoms with van der Waals surface area (Å²) in [7, 11) is 0. The van der Waals surface area contributed by atoms with Crippen LogP contribution >= 0.6 is 0 Å². The van der Waals surface area contributed by atoms with E-state index in [0.717, 1.165) is 50.0 Å². The predicted octanol–water partition coefficient (Wildman–Crippen LogP) is 6.91. The fourth-order valence-corrected chi connectivity index (χ4v) is 6.17. The number of nitrogens with one attached hydrogen (secondary N) is 2. The van der Waals surface area contributed by atoms with E-state index in [2.05, 4.69) is 114 Å². The van der Waals surface area contributed by atoms with Gasteiger partial charge in [-0.15, -0.1) is 0 Å². The summed E-state index contributed by atoms with van der Waals surface area (Å²) in [5.41, 5.74) is 5.53. The average molecular weight is 494 g/mol. The molecule has 2 N–H and O–H groups in total. The molecule has 2 heterocycles. The molecule has 0 radical (unpaired) electrons. The van der Waals surface area contributed by atoms with E-state index in [-0.39, 0.29) is 17.9 Å². The molecule has 1 aliphatic rings. The van der Waals surface area contributed by atoms with Crippen LogP contribution in [0.25, 0.3) is 10.9 Å². The number of carbonyl (C=O) groups excluding carboxylic acids is 1. The van der Waals surface area contributed by atoms with Crippen molar-refractivity contribution in [1.82, 2.24) is 15.2 Å². The molecule has 37 heavy (non-hydrogen) atoms. The first-order chi connectivity index (χ1) is 18.2. The van der Waals surface area contributed by atoms with Crippen molar-refractivity contribution in [3.63, 3.8) is 0 Å². The van der Waals surface area contributed by atoms with Crippen LogP contribution in [-0.2, 0) is 0 Å². The molecule has 1 fully saturated rings. The third-order valence-electron chi connectivity index (χ3n) is 7.81. The first-order valence-electron chi connectivity index (χ1n) is 14.0. The number of nitrogens with zero attached hydrogens (tertiary/aromatic N) is 1. The first kappa shape index (κ1) is 25.3. The summed E-state index contributed by atoms with van der Waals surface area (Å²) < 4.78 is 2.43. The van der Waals surface area contributed by atoms with Crippen LogP contribution in [0.5, 0.6) is 0 Å². The van der Waals surface area contributed by atoms with Crippen molar-refractivity contribution in [2.24, 2.45) is 5.92 Å². The Labute approximate surface area is 221 Å². The summed E-state index contributed by atoms with van der Waals surface area (Å²) in [6.07, 6.45) is 4.19. The van der Waals surface area contributed by atoms with Gasteiger partial charge in [0.05, 0.1) is 0 Å². The smallest absolute Gasteiger partial charge is 0.268 e. The molecule has 2 unspecified atom stereocenters. The van der Waals surface area contributed by atoms with Crippen molar-refractivity contribution in [1.29, 1.82) is 0 Å². The molecular weight excluding hydrogens is 454 g/mol. The molecule has 3 aromatic carbocycles. The van der Waals surface area contributed by atoms with Crippen molar-refractivity contribution in [2.45, 2.75) is 51.5 Å². The summed E-state index contributed by atoms with van der Waals surface area (Å²) in [6, 6.07) is 30.3. The quantitative estimate of drug-likeness (QED) is 0.252. The van der Waals surface area contributed by atoms with Crippen LogP contribution in [0, 0.1) is 5.92 Å². The maximum absolute atomic E-state index is 14.2. The fourth-order valence-electron chi connectivity index (χ4n) is 6.17. The summed E-state index contributed by atoms with van der Waals surface area (Å²) >= 11 is 0. The van der Waals surface area contributed by atoms with Gasteiger partial charge in [-0.25, -0.2) is 0 Å². The fraction of sp³-hybridized carbons (Fsp3) is 0.364. The Morgan fingerprint density at radius 3 is 2.16 bits per heavy atom. The van der Waals surface area contributed by atoms with E-state index in [1.807, 2.05) is 0 Å². The van der Waals surface area contributed by atoms with E-state index in [9.17, 15) is 4.79 Å². The van der Waals surface area contributed by atoms with Crippen LogP contribution in [0.15, 0.2) is 84.9 Å². The lowest BCUT2D eigenvalue weighted by atomic mass is 9.83. The minimum absolute atomic E-state index is 0.0389. The average Bonchev–Trinajstić information content (AvgIpc) is 3.59. The van der Waals surface area contributed by atoms with Crippen molar-refractivity contribution < 1.29 is 4.79 Å². The molecule has 1 aromatic heterocycles. The van der Waals surface area contributed by atoms with Crippen LogP contribution in [0.3, 0.4) is 0 Å². The Morgan fingerprint density at radius 1 is 0.919 bits per heavy atom. The summed E-state index contributed by atoms with van der Waals surface area (Å²) in [5, 5.41) is 8.01. The molecule has 1 saturated heterocycles. The van der Waals surface area contributed by atoms with Crippen LogP contribution in [0.1, 0.15) is 78.7 Å². The SMILES string of the molecule is CCCNC(=O)c1c(C(c2ccccc2)c2ccccc2)c2ccccc2n1C(CCC)C1CCNC1. The van der Waals surface area contributed by atoms with Gasteiger partial charge in [0.1, 0.15) is 5.69 Å². The monoisotopic (exact) mass is 493 g/mol. The number of hydrogen-bond acceptors (Lipinski definition) is 2. The van der Waals surface area contributed by atoms with Gasteiger partial charge in [0.25, 0.3) is 5.91 Å². The standard InChI is InChI=1S/C33H39N3O/c1-3-13-28(26-20-22-34-23-26)36-29-19-12-11-18-27(29)31(32(36)33(37)35-21-4-2)30(24-14-7-5-8-15-24)25-16-9-6-10-17-25/h5-12,14-19,26,28,30,34H,3-4,13,20-23H2,1-2H3,(H,35,37). The molecule has 4 nitrogen and oxygen atoms in total. The third kappa shape index (κ3) is 5.08. The number of hydrogen-bond donors (Lipinski definition) is 2. The van der Waals surface area contributed by atoms with Gasteiger partial charge in [-0.05, 0) is 55.5 Å². The second-order valence-corrected chi connectivity index (χ2v) is 10.3. The second-order valence-electron chi connectivity index (χ2n) is 10.3. The highest BCUT2D eigenvalue weighted by Gasteiger charge is 2.35. The second kappa shape index (κ2) is 11.8. The Bertz CT molecular complexity index is 1270. The van der Waals surface area contributed by atoms with E-state index in [1.54, 1.807) is 0 Å². The van der Waals surface area contributed by atoms with E-state index in [1.165, 1.54) is 22.0 Å². The lowest BCUT2D eigenvalue weighted by molar-refractivity contribution is 0.0939. The molecule has 1 amide bonds. The lowest BCUT2D eigenvalue weighted by Gasteiger charge is -2.28. The lowest BCUT2D eigenvalue weighted by Crippen LogP contribution is -2.31. The van der Waals surface area contributed by atoms with Crippen LogP contribution in [-0.4, -0.2) is 30.1 Å². The maximum atomic E-state index is 14.2. The van der Waals surface area contributed by atoms with Gasteiger partial charge in [-0.2, -0.15) is 0 Å². The minimum Gasteiger partial charge on any atom is -0.351 e. The number of fused-ring (bicyclic) bond motifs is 1. The largest absolute Gasteiger partial charge is 0.351 e. The van der Waals surface area contributed by atoms with Gasteiger partial charge in [-0.3, -0.25) is 4.79 Å². The van der Waals surface area contributed by atoms with E-state index in [0.29, 0.717) is 12.5 Å². The summed E-state index contributed by atoms with van der Waals surface area (Å²) in [5.74, 6) is 0.505. The molecular formula is C33H39N3O. The third-order valence-corrected chi connectivity index (χ3v) is 7.81. The topological polar surface area (TPSA) is 46.1 Å². The summed E-state index contributed by atoms with van der Waals surface area (Å²) in [4.78, 5) is 14.2. The van der Waals surface area contributed by atoms with Crippen LogP contribution < -0.4 is 10.6 Å². The Hall–Kier alpha value is -3.37. The highest BCUT2D eigenvalue weighted by Crippen LogP contribution is 2.43. The summed E-state index contributed by atoms with van der Waals surface area (Å²) in [6.45, 7) is 7.09. The number of para-hydroxylation sites is 1. The number of carbonyl (C=O) groups is 1. The number of rotatable bonds is 10. The van der Waals surface area contributed by atoms with Gasteiger partial charge < -0.3 is 15.2 Å². The van der Waals surface area contributed by atoms with Crippen LogP contribution in [0.4, 0.5) is 0 Å². The Kier molecular flexibility index (Phi) is 8.05. The van der Waals surface area contributed by atoms with Crippen LogP contribution in [0.2, 0.25) is 0 Å². The van der Waals surface area contributed by atoms with E-state index >= 15 is 0 Å². The molecule has 0 aliphatic carbocycles. The maximum Gasteiger partial charge on any atom is 0.268 e. The first-order valence-corrected chi connectivity index (χ1v) is 14.0. The van der Waals surface area contributed by atoms with Gasteiger partial charge in [-0.1, -0.05) is 99.1 Å². The molecule has 1 aliphatic heterocycles. The molecule has 0 spiro atoms. The molecule has 4 aromatic rings. The Balaban J connectivity index is 1.83. The van der Waals surface area contributed by atoms with Gasteiger partial charge >= 0.3 is 0 Å². The normalized spacial score (nSPS) is 16.4. The molecule has 192 valence electrons. The number of amides is 1. The zero-order valence-electron chi connectivity index (χ0n) is 22.1. The highest BCUT2D eigenvalue weighted by molar-refractivity contribution is 6.03. The highest BCUT2D eigenvalue weighted by atomic mass is 16.1. The van der Waals surface area contributed by atoms with Crippen molar-refractivity contribution in [3.8, 4) is 0 Å². The molecule has 0 bridgehead atoms. The van der Waals surface area contributed by atoms with E-state index < -0.39 is 0 Å². The zero-order chi connectivity index (χ0) is 25.6. The molecule has 5 rings (SSSR count).